The Hall–Kier alpha value is -11.0. The molecule has 0 unspecified atom stereocenters. The Morgan fingerprint density at radius 2 is 0.981 bits per heavy atom. The summed E-state index contributed by atoms with van der Waals surface area (Å²) in [6, 6.07) is 2.07. The van der Waals surface area contributed by atoms with E-state index < -0.39 is 181 Å². The fourth-order valence-corrected chi connectivity index (χ4v) is 10.8. The number of para-hydroxylation sites is 1. The van der Waals surface area contributed by atoms with Gasteiger partial charge in [0.15, 0.2) is 11.9 Å². The maximum Gasteiger partial charge on any atom is 0.322 e. The van der Waals surface area contributed by atoms with Gasteiger partial charge in [-0.1, -0.05) is 103 Å². The van der Waals surface area contributed by atoms with E-state index in [0.29, 0.717) is 47.8 Å². The second kappa shape index (κ2) is 46.7. The second-order valence-electron chi connectivity index (χ2n) is 26.5. The zero-order chi connectivity index (χ0) is 79.2. The van der Waals surface area contributed by atoms with Gasteiger partial charge < -0.3 is 113 Å². The first kappa shape index (κ1) is 89.2. The van der Waals surface area contributed by atoms with Gasteiger partial charge in [-0.05, 0) is 99.8 Å². The topological polar surface area (TPSA) is 620 Å². The van der Waals surface area contributed by atoms with E-state index in [2.05, 4.69) is 78.8 Å². The first-order chi connectivity index (χ1) is 50.1. The van der Waals surface area contributed by atoms with Crippen LogP contribution in [0.3, 0.4) is 0 Å². The number of hydrogen-bond donors (Lipinski definition) is 21. The molecule has 0 bridgehead atoms. The number of aromatic nitrogens is 1. The van der Waals surface area contributed by atoms with Crippen LogP contribution < -0.4 is 98.2 Å². The monoisotopic (exact) mass is 1490 g/mol. The molecule has 1 heterocycles. The molecule has 3 aromatic rings. The van der Waals surface area contributed by atoms with Crippen LogP contribution in [0.2, 0.25) is 0 Å². The zero-order valence-electron chi connectivity index (χ0n) is 61.2. The van der Waals surface area contributed by atoms with Crippen LogP contribution in [0, 0.1) is 17.8 Å². The van der Waals surface area contributed by atoms with Gasteiger partial charge in [-0.25, -0.2) is 0 Å². The van der Waals surface area contributed by atoms with Gasteiger partial charge in [0.2, 0.25) is 70.9 Å². The van der Waals surface area contributed by atoms with Crippen molar-refractivity contribution in [2.45, 2.75) is 192 Å². The minimum absolute atomic E-state index is 0.00566. The van der Waals surface area contributed by atoms with Crippen molar-refractivity contribution in [1.82, 2.24) is 68.8 Å². The van der Waals surface area contributed by atoms with Gasteiger partial charge >= 0.3 is 11.9 Å². The van der Waals surface area contributed by atoms with Crippen LogP contribution in [-0.4, -0.2) is 210 Å². The average Bonchev–Trinajstić information content (AvgIpc) is 1.53. The predicted molar refractivity (Wildman–Crippen MR) is 393 cm³/mol. The molecule has 2 aromatic carbocycles. The lowest BCUT2D eigenvalue weighted by atomic mass is 9.96. The molecule has 586 valence electrons. The third-order valence-electron chi connectivity index (χ3n) is 16.8. The first-order valence-corrected chi connectivity index (χ1v) is 35.3. The zero-order valence-corrected chi connectivity index (χ0v) is 61.2. The van der Waals surface area contributed by atoms with Gasteiger partial charge in [-0.3, -0.25) is 77.1 Å². The smallest absolute Gasteiger partial charge is 0.322 e. The lowest BCUT2D eigenvalue weighted by Gasteiger charge is -2.29. The van der Waals surface area contributed by atoms with Crippen molar-refractivity contribution >= 4 is 106 Å². The number of nitrogens with two attached hydrogens (primary N) is 6. The predicted octanol–water partition coefficient (Wildman–Crippen LogP) is -4.05. The van der Waals surface area contributed by atoms with Gasteiger partial charge in [-0.2, -0.15) is 0 Å². The Bertz CT molecular complexity index is 3510. The lowest BCUT2D eigenvalue weighted by Crippen LogP contribution is -2.61. The van der Waals surface area contributed by atoms with Crippen molar-refractivity contribution in [1.29, 1.82) is 0 Å². The van der Waals surface area contributed by atoms with Crippen LogP contribution in [0.25, 0.3) is 10.9 Å². The van der Waals surface area contributed by atoms with Crippen LogP contribution in [0.15, 0.2) is 70.8 Å². The third-order valence-corrected chi connectivity index (χ3v) is 16.8. The second-order valence-corrected chi connectivity index (χ2v) is 26.5. The van der Waals surface area contributed by atoms with E-state index in [1.165, 1.54) is 6.92 Å². The molecule has 37 heteroatoms. The quantitative estimate of drug-likeness (QED) is 0.0145. The molecular formula is C69H109N21O16. The van der Waals surface area contributed by atoms with Crippen molar-refractivity contribution in [3.63, 3.8) is 0 Å². The number of carbonyl (C=O) groups is 14. The number of aliphatic imine (C=N–C) groups is 2. The largest absolute Gasteiger partial charge is 0.481 e. The maximum atomic E-state index is 14.9. The summed E-state index contributed by atoms with van der Waals surface area (Å²) >= 11 is 0. The Morgan fingerprint density at radius 3 is 1.58 bits per heavy atom. The number of carboxylic acid groups (broad SMARTS) is 2. The van der Waals surface area contributed by atoms with Crippen molar-refractivity contribution in [2.75, 3.05) is 39.3 Å². The van der Waals surface area contributed by atoms with Crippen molar-refractivity contribution in [2.24, 2.45) is 62.1 Å². The molecule has 106 heavy (non-hydrogen) atoms. The van der Waals surface area contributed by atoms with E-state index >= 15 is 0 Å². The Balaban J connectivity index is 1.93. The molecule has 0 aliphatic heterocycles. The Kier molecular flexibility index (Phi) is 39.3. The number of H-pyrrole nitrogens is 1. The summed E-state index contributed by atoms with van der Waals surface area (Å²) in [6.45, 7) is 9.83. The van der Waals surface area contributed by atoms with E-state index in [1.807, 2.05) is 0 Å². The van der Waals surface area contributed by atoms with Crippen LogP contribution in [0.1, 0.15) is 130 Å². The highest BCUT2D eigenvalue weighted by Crippen LogP contribution is 2.21. The Morgan fingerprint density at radius 1 is 0.472 bits per heavy atom. The highest BCUT2D eigenvalue weighted by molar-refractivity contribution is 6.00. The molecule has 37 nitrogen and oxygen atoms in total. The summed E-state index contributed by atoms with van der Waals surface area (Å²) in [5, 5.41) is 49.8. The number of rotatable bonds is 49. The summed E-state index contributed by atoms with van der Waals surface area (Å²) in [4.78, 5) is 201. The number of nitrogens with one attached hydrogen (secondary N) is 13. The van der Waals surface area contributed by atoms with E-state index in [9.17, 15) is 72.2 Å². The highest BCUT2D eigenvalue weighted by atomic mass is 16.4. The first-order valence-electron chi connectivity index (χ1n) is 35.3. The molecule has 27 N–H and O–H groups in total. The van der Waals surface area contributed by atoms with Gasteiger partial charge in [0, 0.05) is 49.5 Å². The highest BCUT2D eigenvalue weighted by Gasteiger charge is 2.37. The van der Waals surface area contributed by atoms with E-state index in [-0.39, 0.29) is 88.7 Å². The number of hydrogen-bond acceptors (Lipinski definition) is 18. The number of aliphatic carboxylic acids is 2. The minimum Gasteiger partial charge on any atom is -0.481 e. The van der Waals surface area contributed by atoms with Crippen LogP contribution in [-0.2, 0) is 80.0 Å². The SMILES string of the molecule is CC[C@H](C)[C@H](NC(=O)[C@H](Cc1ccccc1)NC(=O)[C@H](CCC(=O)O)NC(=O)[C@@H](N)CCCCN)C(=O)N[C@@H](C)C(=O)N[C@@H](Cc1c[nH]c2ccccc12)C(=O)N[C@@H](CC(C)C)C(=O)N[C@@H](CCCN=C(N)N)C(=O)N[C@H](C(=O)NCC(=O)N[C@@H](CCCN=C(N)N)C(=O)NCC(=O)NCC(=O)O)C(C)C. The molecule has 0 aliphatic carbocycles. The molecule has 0 radical (unpaired) electrons. The molecule has 0 aliphatic rings. The van der Waals surface area contributed by atoms with E-state index in [1.54, 1.807) is 102 Å². The molecule has 0 fully saturated rings. The summed E-state index contributed by atoms with van der Waals surface area (Å²) in [6.07, 6.45) is 2.15. The van der Waals surface area contributed by atoms with Gasteiger partial charge in [0.25, 0.3) is 0 Å². The standard InChI is InChI=1S/C69H109N21O16/c1-8-39(6)57(90-65(104)50(31-41-18-10-9-11-19-41)88-61(100)48(25-26-54(93)94)84-59(98)44(71)21-14-15-27-70)67(106)82-40(7)58(97)86-51(32-42-33-78-45-22-13-12-20-43(42)45)64(103)87-49(30-37(2)3)63(102)85-47(24-17-29-77-69(74)75)62(101)89-56(38(4)5)66(105)81-35-53(92)83-46(23-16-28-76-68(72)73)60(99)80-34-52(91)79-36-55(95)96/h9-13,18-20,22,33,37-40,44,46-51,56-57,78H,8,14-17,21,23-32,34-36,70-71H2,1-7H3,(H,79,91)(H,80,99)(H,81,105)(H,82,106)(H,83,92)(H,84,98)(H,85,102)(H,86,97)(H,87,103)(H,88,100)(H,89,101)(H,90,104)(H,93,94)(H,95,96)(H4,72,73,76)(H4,74,75,77)/t39-,40-,44-,46-,47-,48-,49-,50-,51-,56-,57-/m0/s1. The van der Waals surface area contributed by atoms with Crippen LogP contribution >= 0.6 is 0 Å². The van der Waals surface area contributed by atoms with Gasteiger partial charge in [-0.15, -0.1) is 0 Å². The third kappa shape index (κ3) is 33.2. The van der Waals surface area contributed by atoms with Crippen LogP contribution in [0.4, 0.5) is 0 Å². The van der Waals surface area contributed by atoms with E-state index in [0.717, 1.165) is 0 Å². The summed E-state index contributed by atoms with van der Waals surface area (Å²) < 4.78 is 0. The average molecular weight is 1490 g/mol. The maximum absolute atomic E-state index is 14.9. The number of unbranched alkanes of at least 4 members (excludes halogenated alkanes) is 1. The molecular weight excluding hydrogens is 1380 g/mol. The number of carboxylic acids is 2. The molecule has 0 spiro atoms. The van der Waals surface area contributed by atoms with Crippen molar-refractivity contribution in [3.05, 3.63) is 71.9 Å². The van der Waals surface area contributed by atoms with Gasteiger partial charge in [0.1, 0.15) is 60.9 Å². The number of fused-ring (bicyclic) bond motifs is 1. The molecule has 1 aromatic heterocycles. The van der Waals surface area contributed by atoms with Gasteiger partial charge in [0.05, 0.1) is 19.1 Å². The number of benzene rings is 2. The molecule has 3 rings (SSSR count). The molecule has 0 saturated heterocycles. The Labute approximate surface area is 615 Å². The number of nitrogens with zero attached hydrogens (tertiary/aromatic N) is 2. The summed E-state index contributed by atoms with van der Waals surface area (Å²) in [5.74, 6) is -14.8. The van der Waals surface area contributed by atoms with Crippen molar-refractivity contribution in [3.8, 4) is 0 Å². The molecule has 12 amide bonds. The number of aromatic amines is 1. The fraction of sp³-hybridized carbons (Fsp3) is 0.565. The number of amides is 12. The minimum atomic E-state index is -1.47. The lowest BCUT2D eigenvalue weighted by molar-refractivity contribution is -0.139. The molecule has 11 atom stereocenters. The number of guanidine groups is 2. The summed E-state index contributed by atoms with van der Waals surface area (Å²) in [7, 11) is 0. The van der Waals surface area contributed by atoms with Crippen molar-refractivity contribution < 1.29 is 77.3 Å². The van der Waals surface area contributed by atoms with Crippen LogP contribution in [0.5, 0.6) is 0 Å². The fourth-order valence-electron chi connectivity index (χ4n) is 10.8. The van der Waals surface area contributed by atoms with E-state index in [4.69, 9.17) is 39.5 Å². The molecule has 0 saturated carbocycles. The summed E-state index contributed by atoms with van der Waals surface area (Å²) in [5.41, 5.74) is 35.5. The normalized spacial score (nSPS) is 14.2. The number of carbonyl (C=O) groups excluding carboxylic acids is 12.